The molecule has 0 heterocycles. The van der Waals surface area contributed by atoms with Gasteiger partial charge < -0.3 is 10.1 Å². The summed E-state index contributed by atoms with van der Waals surface area (Å²) in [5.74, 6) is -0.891. The summed E-state index contributed by atoms with van der Waals surface area (Å²) in [7, 11) is -2.47. The number of carbonyl (C=O) groups excluding carboxylic acids is 2. The Balaban J connectivity index is 3.14. The number of hydrogen-bond acceptors (Lipinski definition) is 5. The fourth-order valence-electron chi connectivity index (χ4n) is 2.01. The molecule has 1 rings (SSSR count). The van der Waals surface area contributed by atoms with Crippen LogP contribution in [0.2, 0.25) is 5.02 Å². The molecule has 0 saturated carbocycles. The number of nitrogens with zero attached hydrogens (tertiary/aromatic N) is 1. The lowest BCUT2D eigenvalue weighted by atomic mass is 10.2. The van der Waals surface area contributed by atoms with Crippen molar-refractivity contribution in [1.29, 1.82) is 0 Å². The summed E-state index contributed by atoms with van der Waals surface area (Å²) in [4.78, 5) is 23.4. The Morgan fingerprint density at radius 3 is 2.46 bits per heavy atom. The molecule has 24 heavy (non-hydrogen) atoms. The lowest BCUT2D eigenvalue weighted by Crippen LogP contribution is -2.36. The van der Waals surface area contributed by atoms with Gasteiger partial charge in [-0.1, -0.05) is 11.6 Å². The minimum absolute atomic E-state index is 0.0377. The molecule has 7 nitrogen and oxygen atoms in total. The highest BCUT2D eigenvalue weighted by Crippen LogP contribution is 2.29. The van der Waals surface area contributed by atoms with Crippen LogP contribution in [0.5, 0.6) is 0 Å². The second-order valence-electron chi connectivity index (χ2n) is 5.47. The van der Waals surface area contributed by atoms with Gasteiger partial charge in [0.05, 0.1) is 29.6 Å². The molecular weight excluding hydrogens is 356 g/mol. The van der Waals surface area contributed by atoms with Gasteiger partial charge in [-0.05, 0) is 32.0 Å². The van der Waals surface area contributed by atoms with Crippen molar-refractivity contribution in [3.63, 3.8) is 0 Å². The third-order valence-corrected chi connectivity index (χ3v) is 4.53. The molecule has 1 N–H and O–H groups in total. The van der Waals surface area contributed by atoms with Gasteiger partial charge in [0.2, 0.25) is 15.9 Å². The zero-order valence-corrected chi connectivity index (χ0v) is 15.6. The molecule has 1 aromatic carbocycles. The van der Waals surface area contributed by atoms with Gasteiger partial charge in [0.15, 0.2) is 0 Å². The van der Waals surface area contributed by atoms with Crippen LogP contribution in [0.4, 0.5) is 5.69 Å². The van der Waals surface area contributed by atoms with E-state index in [1.54, 1.807) is 0 Å². The van der Waals surface area contributed by atoms with Crippen LogP contribution < -0.4 is 9.62 Å². The van der Waals surface area contributed by atoms with Crippen molar-refractivity contribution in [3.05, 3.63) is 28.8 Å². The molecule has 0 aliphatic carbocycles. The zero-order chi connectivity index (χ0) is 18.5. The van der Waals surface area contributed by atoms with E-state index in [9.17, 15) is 18.0 Å². The quantitative estimate of drug-likeness (QED) is 0.732. The number of benzene rings is 1. The summed E-state index contributed by atoms with van der Waals surface area (Å²) in [6, 6.07) is 4.13. The fraction of sp³-hybridized carbons (Fsp3) is 0.467. The fourth-order valence-corrected chi connectivity index (χ4v) is 3.21. The molecule has 0 fully saturated rings. The molecule has 0 unspecified atom stereocenters. The van der Waals surface area contributed by atoms with Crippen molar-refractivity contribution in [3.8, 4) is 0 Å². The second kappa shape index (κ2) is 8.34. The first kappa shape index (κ1) is 20.2. The van der Waals surface area contributed by atoms with E-state index in [4.69, 9.17) is 11.6 Å². The van der Waals surface area contributed by atoms with Gasteiger partial charge in [0.1, 0.15) is 0 Å². The molecule has 0 aliphatic heterocycles. The molecule has 1 amide bonds. The first-order chi connectivity index (χ1) is 11.1. The van der Waals surface area contributed by atoms with E-state index in [1.165, 1.54) is 25.3 Å². The number of hydrogen-bond donors (Lipinski definition) is 1. The normalized spacial score (nSPS) is 11.2. The van der Waals surface area contributed by atoms with Crippen LogP contribution in [0.3, 0.4) is 0 Å². The minimum atomic E-state index is -3.70. The number of halogens is 1. The molecule has 0 aromatic heterocycles. The van der Waals surface area contributed by atoms with E-state index >= 15 is 0 Å². The van der Waals surface area contributed by atoms with Gasteiger partial charge in [-0.3, -0.25) is 9.10 Å². The predicted molar refractivity (Wildman–Crippen MR) is 92.9 cm³/mol. The maximum Gasteiger partial charge on any atom is 0.337 e. The van der Waals surface area contributed by atoms with Gasteiger partial charge >= 0.3 is 5.97 Å². The number of ether oxygens (including phenoxy) is 1. The van der Waals surface area contributed by atoms with Gasteiger partial charge in [0.25, 0.3) is 0 Å². The largest absolute Gasteiger partial charge is 0.465 e. The van der Waals surface area contributed by atoms with E-state index in [-0.39, 0.29) is 41.2 Å². The summed E-state index contributed by atoms with van der Waals surface area (Å²) in [5.41, 5.74) is 0.289. The molecule has 0 bridgehead atoms. The maximum atomic E-state index is 12.1. The molecular formula is C15H21ClN2O5S. The average molecular weight is 377 g/mol. The maximum absolute atomic E-state index is 12.1. The molecule has 0 radical (unpaired) electrons. The van der Waals surface area contributed by atoms with Gasteiger partial charge in [-0.2, -0.15) is 0 Å². The van der Waals surface area contributed by atoms with Crippen molar-refractivity contribution in [2.75, 3.05) is 24.2 Å². The van der Waals surface area contributed by atoms with Gasteiger partial charge in [-0.25, -0.2) is 13.2 Å². The first-order valence-electron chi connectivity index (χ1n) is 7.21. The first-order valence-corrected chi connectivity index (χ1v) is 9.43. The Morgan fingerprint density at radius 2 is 1.96 bits per heavy atom. The Morgan fingerprint density at radius 1 is 1.33 bits per heavy atom. The molecule has 0 aliphatic rings. The Kier molecular flexibility index (Phi) is 7.04. The summed E-state index contributed by atoms with van der Waals surface area (Å²) < 4.78 is 29.8. The molecule has 9 heteroatoms. The van der Waals surface area contributed by atoms with Crippen molar-refractivity contribution >= 4 is 39.2 Å². The predicted octanol–water partition coefficient (Wildman–Crippen LogP) is 1.81. The number of rotatable bonds is 7. The topological polar surface area (TPSA) is 92.8 Å². The van der Waals surface area contributed by atoms with Crippen molar-refractivity contribution < 1.29 is 22.7 Å². The second-order valence-corrected chi connectivity index (χ2v) is 7.78. The summed E-state index contributed by atoms with van der Waals surface area (Å²) in [6.07, 6.45) is 0.971. The Hall–Kier alpha value is -1.80. The molecule has 0 atom stereocenters. The van der Waals surface area contributed by atoms with Crippen LogP contribution in [0, 0.1) is 0 Å². The summed E-state index contributed by atoms with van der Waals surface area (Å²) >= 11 is 6.09. The molecule has 0 saturated heterocycles. The van der Waals surface area contributed by atoms with Gasteiger partial charge in [0, 0.05) is 19.0 Å². The van der Waals surface area contributed by atoms with Crippen molar-refractivity contribution in [2.24, 2.45) is 0 Å². The van der Waals surface area contributed by atoms with Crippen molar-refractivity contribution in [1.82, 2.24) is 5.32 Å². The Bertz CT molecular complexity index is 719. The van der Waals surface area contributed by atoms with Crippen LogP contribution in [0.1, 0.15) is 30.6 Å². The highest BCUT2D eigenvalue weighted by molar-refractivity contribution is 7.92. The smallest absolute Gasteiger partial charge is 0.337 e. The summed E-state index contributed by atoms with van der Waals surface area (Å²) in [6.45, 7) is 3.52. The number of methoxy groups -OCH3 is 1. The number of esters is 1. The van der Waals surface area contributed by atoms with Crippen LogP contribution in [0.25, 0.3) is 0 Å². The van der Waals surface area contributed by atoms with Crippen LogP contribution in [0.15, 0.2) is 18.2 Å². The average Bonchev–Trinajstić information content (AvgIpc) is 2.46. The highest BCUT2D eigenvalue weighted by atomic mass is 35.5. The van der Waals surface area contributed by atoms with Crippen molar-refractivity contribution in [2.45, 2.75) is 26.3 Å². The molecule has 0 spiro atoms. The monoisotopic (exact) mass is 376 g/mol. The third-order valence-electron chi connectivity index (χ3n) is 3.03. The number of carbonyl (C=O) groups is 2. The highest BCUT2D eigenvalue weighted by Gasteiger charge is 2.22. The van der Waals surface area contributed by atoms with E-state index in [2.05, 4.69) is 10.1 Å². The van der Waals surface area contributed by atoms with E-state index < -0.39 is 16.0 Å². The third kappa shape index (κ3) is 5.68. The number of nitrogens with one attached hydrogen (secondary N) is 1. The standard InChI is InChI=1S/C15H21ClN2O5S/c1-10(2)17-14(19)7-8-18(24(4,21)22)13-9-11(15(20)23-3)5-6-12(13)16/h5-6,9-10H,7-8H2,1-4H3,(H,17,19). The summed E-state index contributed by atoms with van der Waals surface area (Å²) in [5, 5.41) is 2.84. The van der Waals surface area contributed by atoms with Crippen LogP contribution in [-0.2, 0) is 19.6 Å². The van der Waals surface area contributed by atoms with Crippen LogP contribution >= 0.6 is 11.6 Å². The van der Waals surface area contributed by atoms with E-state index in [0.717, 1.165) is 10.6 Å². The van der Waals surface area contributed by atoms with Crippen LogP contribution in [-0.4, -0.2) is 46.2 Å². The lowest BCUT2D eigenvalue weighted by molar-refractivity contribution is -0.121. The molecule has 134 valence electrons. The minimum Gasteiger partial charge on any atom is -0.465 e. The van der Waals surface area contributed by atoms with Gasteiger partial charge in [-0.15, -0.1) is 0 Å². The Labute approximate surface area is 147 Å². The molecule has 1 aromatic rings. The number of sulfonamides is 1. The number of amides is 1. The lowest BCUT2D eigenvalue weighted by Gasteiger charge is -2.24. The zero-order valence-electron chi connectivity index (χ0n) is 14.0. The van der Waals surface area contributed by atoms with E-state index in [0.29, 0.717) is 0 Å². The SMILES string of the molecule is COC(=O)c1ccc(Cl)c(N(CCC(=O)NC(C)C)S(C)(=O)=O)c1. The van der Waals surface area contributed by atoms with E-state index in [1.807, 2.05) is 13.8 Å². The number of anilines is 1.